The zero-order valence-corrected chi connectivity index (χ0v) is 22.3. The Kier molecular flexibility index (Phi) is 7.66. The number of hydrogen-bond donors (Lipinski definition) is 1. The lowest BCUT2D eigenvalue weighted by atomic mass is 10.0. The first-order valence-electron chi connectivity index (χ1n) is 12.1. The lowest BCUT2D eigenvalue weighted by Gasteiger charge is -2.27. The van der Waals surface area contributed by atoms with Gasteiger partial charge in [-0.15, -0.1) is 0 Å². The lowest BCUT2D eigenvalue weighted by Crippen LogP contribution is -2.34. The van der Waals surface area contributed by atoms with E-state index < -0.39 is 0 Å². The highest BCUT2D eigenvalue weighted by Crippen LogP contribution is 2.35. The molecule has 7 nitrogen and oxygen atoms in total. The molecule has 0 unspecified atom stereocenters. The molecule has 1 amide bonds. The fourth-order valence-corrected chi connectivity index (χ4v) is 5.12. The van der Waals surface area contributed by atoms with E-state index in [0.717, 1.165) is 40.9 Å². The number of nitrogens with zero attached hydrogens (tertiary/aromatic N) is 4. The smallest absolute Gasteiger partial charge is 0.326 e. The third kappa shape index (κ3) is 5.39. The van der Waals surface area contributed by atoms with Crippen LogP contribution in [-0.2, 0) is 19.5 Å². The van der Waals surface area contributed by atoms with Crippen molar-refractivity contribution in [2.75, 3.05) is 20.2 Å². The summed E-state index contributed by atoms with van der Waals surface area (Å²) in [7, 11) is 1.55. The molecule has 1 N–H and O–H groups in total. The molecular weight excluding hydrogens is 521 g/mol. The van der Waals surface area contributed by atoms with Gasteiger partial charge in [-0.3, -0.25) is 9.47 Å². The average molecular weight is 546 g/mol. The van der Waals surface area contributed by atoms with Crippen LogP contribution in [0.3, 0.4) is 0 Å². The summed E-state index contributed by atoms with van der Waals surface area (Å²) in [6.45, 7) is 2.53. The van der Waals surface area contributed by atoms with Crippen LogP contribution in [0.5, 0.6) is 5.75 Å². The maximum absolute atomic E-state index is 13.5. The summed E-state index contributed by atoms with van der Waals surface area (Å²) in [6.07, 6.45) is 6.51. The average Bonchev–Trinajstić information content (AvgIpc) is 3.24. The largest absolute Gasteiger partial charge is 0.495 e. The fourth-order valence-electron chi connectivity index (χ4n) is 4.80. The van der Waals surface area contributed by atoms with Gasteiger partial charge in [0.1, 0.15) is 17.0 Å². The second-order valence-electron chi connectivity index (χ2n) is 9.03. The van der Waals surface area contributed by atoms with Gasteiger partial charge in [0.25, 0.3) is 0 Å². The number of carbonyl (C=O) groups is 1. The van der Waals surface area contributed by atoms with Crippen LogP contribution in [0, 0.1) is 11.3 Å². The highest BCUT2D eigenvalue weighted by molar-refractivity contribution is 6.30. The van der Waals surface area contributed by atoms with Crippen molar-refractivity contribution in [2.45, 2.75) is 19.5 Å². The Hall–Kier alpha value is -3.83. The highest BCUT2D eigenvalue weighted by atomic mass is 35.5. The van der Waals surface area contributed by atoms with Gasteiger partial charge in [-0.25, -0.2) is 9.78 Å². The number of pyridine rings is 1. The van der Waals surface area contributed by atoms with Crippen LogP contribution in [0.2, 0.25) is 10.2 Å². The molecule has 0 radical (unpaired) electrons. The molecule has 4 aromatic rings. The van der Waals surface area contributed by atoms with E-state index in [1.54, 1.807) is 30.0 Å². The van der Waals surface area contributed by atoms with Gasteiger partial charge >= 0.3 is 6.03 Å². The number of methoxy groups -OCH3 is 1. The van der Waals surface area contributed by atoms with E-state index >= 15 is 0 Å². The van der Waals surface area contributed by atoms with Crippen LogP contribution in [0.25, 0.3) is 17.0 Å². The Balaban J connectivity index is 1.44. The van der Waals surface area contributed by atoms with E-state index in [9.17, 15) is 10.1 Å². The van der Waals surface area contributed by atoms with Gasteiger partial charge in [0.05, 0.1) is 18.2 Å². The van der Waals surface area contributed by atoms with Crippen LogP contribution in [0.1, 0.15) is 27.9 Å². The number of nitriles is 1. The Labute approximate surface area is 230 Å². The quantitative estimate of drug-likeness (QED) is 0.298. The van der Waals surface area contributed by atoms with Gasteiger partial charge in [-0.1, -0.05) is 47.5 Å². The molecule has 38 heavy (non-hydrogen) atoms. The zero-order valence-electron chi connectivity index (χ0n) is 20.7. The molecule has 9 heteroatoms. The minimum absolute atomic E-state index is 0.255. The van der Waals surface area contributed by atoms with Gasteiger partial charge in [-0.05, 0) is 53.1 Å². The van der Waals surface area contributed by atoms with Crippen LogP contribution in [0.15, 0.2) is 60.8 Å². The van der Waals surface area contributed by atoms with Crippen molar-refractivity contribution in [3.05, 3.63) is 98.9 Å². The molecule has 0 spiro atoms. The first kappa shape index (κ1) is 25.8. The van der Waals surface area contributed by atoms with Gasteiger partial charge in [0.2, 0.25) is 0 Å². The second kappa shape index (κ2) is 11.3. The summed E-state index contributed by atoms with van der Waals surface area (Å²) in [4.78, 5) is 19.8. The Bertz CT molecular complexity index is 1570. The minimum atomic E-state index is -0.255. The number of amides is 1. The summed E-state index contributed by atoms with van der Waals surface area (Å²) in [5.41, 5.74) is 5.02. The molecule has 0 aliphatic carbocycles. The second-order valence-corrected chi connectivity index (χ2v) is 9.85. The highest BCUT2D eigenvalue weighted by Gasteiger charge is 2.27. The fraction of sp³-hybridized carbons (Fsp3) is 0.207. The normalized spacial score (nSPS) is 13.4. The monoisotopic (exact) mass is 545 g/mol. The van der Waals surface area contributed by atoms with E-state index in [4.69, 9.17) is 27.9 Å². The summed E-state index contributed by atoms with van der Waals surface area (Å²) < 4.78 is 7.19. The third-order valence-electron chi connectivity index (χ3n) is 6.65. The maximum atomic E-state index is 13.5. The van der Waals surface area contributed by atoms with Crippen molar-refractivity contribution in [3.8, 4) is 11.8 Å². The van der Waals surface area contributed by atoms with Gasteiger partial charge in [-0.2, -0.15) is 5.26 Å². The molecule has 0 atom stereocenters. The maximum Gasteiger partial charge on any atom is 0.326 e. The molecule has 1 aliphatic rings. The van der Waals surface area contributed by atoms with Gasteiger partial charge < -0.3 is 10.1 Å². The zero-order chi connectivity index (χ0) is 26.6. The van der Waals surface area contributed by atoms with Crippen molar-refractivity contribution in [1.29, 1.82) is 5.26 Å². The molecule has 0 bridgehead atoms. The molecule has 3 heterocycles. The molecule has 2 aromatic carbocycles. The summed E-state index contributed by atoms with van der Waals surface area (Å²) in [6, 6.07) is 16.8. The number of fused-ring (bicyclic) bond motifs is 3. The number of carbonyl (C=O) groups excluding carboxylic acids is 1. The lowest BCUT2D eigenvalue weighted by molar-refractivity contribution is 0.240. The Morgan fingerprint density at radius 2 is 2.03 bits per heavy atom. The number of benzene rings is 2. The Morgan fingerprint density at radius 3 is 2.76 bits per heavy atom. The van der Waals surface area contributed by atoms with E-state index in [1.165, 1.54) is 0 Å². The topological polar surface area (TPSA) is 83.2 Å². The molecule has 0 fully saturated rings. The summed E-state index contributed by atoms with van der Waals surface area (Å²) in [5.74, 6) is 0.492. The van der Waals surface area contributed by atoms with Crippen LogP contribution < -0.4 is 10.1 Å². The van der Waals surface area contributed by atoms with Crippen molar-refractivity contribution in [1.82, 2.24) is 19.8 Å². The predicted octanol–water partition coefficient (Wildman–Crippen LogP) is 6.05. The number of hydrogen-bond acceptors (Lipinski definition) is 5. The first-order valence-corrected chi connectivity index (χ1v) is 12.9. The number of ether oxygens (including phenoxy) is 1. The molecule has 1 aliphatic heterocycles. The number of aromatic nitrogens is 2. The third-order valence-corrected chi connectivity index (χ3v) is 7.11. The minimum Gasteiger partial charge on any atom is -0.495 e. The van der Waals surface area contributed by atoms with E-state index in [0.29, 0.717) is 46.5 Å². The standard InChI is InChI=1S/C29H25Cl2N5O2/c1-38-27-15-23-24-18-35(11-2-3-19-4-6-22(30)7-5-19)12-9-25(24)36(26(23)14-21(27)16-32)29(37)34-17-20-8-10-33-28(31)13-20/h2-8,10,13-15H,9,11-12,17-18H2,1H3,(H,34,37)/b3-2+. The van der Waals surface area contributed by atoms with Crippen LogP contribution >= 0.6 is 23.2 Å². The van der Waals surface area contributed by atoms with Crippen molar-refractivity contribution < 1.29 is 9.53 Å². The van der Waals surface area contributed by atoms with Crippen molar-refractivity contribution >= 4 is 46.2 Å². The van der Waals surface area contributed by atoms with Crippen LogP contribution in [-0.4, -0.2) is 40.7 Å². The van der Waals surface area contributed by atoms with Crippen molar-refractivity contribution in [2.24, 2.45) is 0 Å². The molecule has 2 aromatic heterocycles. The molecule has 192 valence electrons. The van der Waals surface area contributed by atoms with Gasteiger partial charge in [0.15, 0.2) is 0 Å². The summed E-state index contributed by atoms with van der Waals surface area (Å²) in [5, 5.41) is 14.7. The summed E-state index contributed by atoms with van der Waals surface area (Å²) >= 11 is 12.0. The van der Waals surface area contributed by atoms with Crippen molar-refractivity contribution in [3.63, 3.8) is 0 Å². The van der Waals surface area contributed by atoms with E-state index in [-0.39, 0.29) is 6.03 Å². The van der Waals surface area contributed by atoms with E-state index in [1.807, 2.05) is 36.4 Å². The SMILES string of the molecule is COc1cc2c3c(n(C(=O)NCc4ccnc(Cl)c4)c2cc1C#N)CCN(C/C=C/c1ccc(Cl)cc1)C3. The number of rotatable bonds is 6. The predicted molar refractivity (Wildman–Crippen MR) is 150 cm³/mol. The first-order chi connectivity index (χ1) is 18.5. The van der Waals surface area contributed by atoms with E-state index in [2.05, 4.69) is 33.4 Å². The molecule has 5 rings (SSSR count). The molecular formula is C29H25Cl2N5O2. The Morgan fingerprint density at radius 1 is 1.21 bits per heavy atom. The number of nitrogens with one attached hydrogen (secondary N) is 1. The van der Waals surface area contributed by atoms with Crippen LogP contribution in [0.4, 0.5) is 4.79 Å². The van der Waals surface area contributed by atoms with Gasteiger partial charge in [0, 0.05) is 54.9 Å². The molecule has 0 saturated heterocycles. The molecule has 0 saturated carbocycles. The number of halogens is 2.